The monoisotopic (exact) mass is 560 g/mol. The van der Waals surface area contributed by atoms with Crippen LogP contribution in [-0.2, 0) is 16.9 Å². The Balaban J connectivity index is 0.00000320. The predicted molar refractivity (Wildman–Crippen MR) is 150 cm³/mol. The van der Waals surface area contributed by atoms with Gasteiger partial charge in [0.2, 0.25) is 0 Å². The van der Waals surface area contributed by atoms with Gasteiger partial charge in [-0.2, -0.15) is 0 Å². The fourth-order valence-electron chi connectivity index (χ4n) is 5.34. The Morgan fingerprint density at radius 1 is 0.946 bits per heavy atom. The fourth-order valence-corrected chi connectivity index (χ4v) is 5.64. The van der Waals surface area contributed by atoms with Gasteiger partial charge in [0.05, 0.1) is 16.6 Å². The summed E-state index contributed by atoms with van der Waals surface area (Å²) in [6.45, 7) is 3.73. The van der Waals surface area contributed by atoms with Crippen LogP contribution in [0.5, 0.6) is 5.75 Å². The number of phenolic OH excluding ortho intramolecular Hbond substituents is 1. The topological polar surface area (TPSA) is 53.0 Å². The summed E-state index contributed by atoms with van der Waals surface area (Å²) >= 11 is 12.6. The lowest BCUT2D eigenvalue weighted by molar-refractivity contribution is 0.0348. The van der Waals surface area contributed by atoms with Crippen LogP contribution in [0.25, 0.3) is 0 Å². The maximum Gasteiger partial charge on any atom is 0.411 e. The average molecular weight is 562 g/mol. The highest BCUT2D eigenvalue weighted by Crippen LogP contribution is 2.40. The van der Waals surface area contributed by atoms with E-state index in [-0.39, 0.29) is 18.5 Å². The zero-order chi connectivity index (χ0) is 25.1. The highest BCUT2D eigenvalue weighted by atomic mass is 35.5. The molecular weight excluding hydrogens is 531 g/mol. The van der Waals surface area contributed by atoms with Crippen LogP contribution < -0.4 is 0 Å². The maximum absolute atomic E-state index is 13.0. The van der Waals surface area contributed by atoms with E-state index in [9.17, 15) is 9.90 Å². The number of phenols is 1. The summed E-state index contributed by atoms with van der Waals surface area (Å²) in [6.07, 6.45) is 2.48. The van der Waals surface area contributed by atoms with E-state index >= 15 is 0 Å². The molecule has 1 atom stereocenters. The smallest absolute Gasteiger partial charge is 0.411 e. The van der Waals surface area contributed by atoms with Crippen LogP contribution in [0.4, 0.5) is 4.79 Å². The third-order valence-electron chi connectivity index (χ3n) is 7.43. The molecule has 5 nitrogen and oxygen atoms in total. The number of amides is 1. The molecule has 5 rings (SSSR count). The number of nitrogens with zero attached hydrogens (tertiary/aromatic N) is 2. The Hall–Kier alpha value is -2.44. The molecule has 0 aromatic heterocycles. The van der Waals surface area contributed by atoms with Gasteiger partial charge in [0.25, 0.3) is 0 Å². The number of piperidine rings is 1. The Kier molecular flexibility index (Phi) is 8.91. The van der Waals surface area contributed by atoms with E-state index in [1.807, 2.05) is 54.6 Å². The van der Waals surface area contributed by atoms with Crippen molar-refractivity contribution in [3.63, 3.8) is 0 Å². The third kappa shape index (κ3) is 6.35. The number of aromatic hydroxyl groups is 1. The number of cyclic esters (lactones) is 1. The molecule has 3 aromatic rings. The van der Waals surface area contributed by atoms with Crippen molar-refractivity contribution in [2.75, 3.05) is 26.2 Å². The average Bonchev–Trinajstić information content (AvgIpc) is 3.22. The van der Waals surface area contributed by atoms with Crippen LogP contribution in [0.15, 0.2) is 72.8 Å². The second-order valence-electron chi connectivity index (χ2n) is 9.79. The van der Waals surface area contributed by atoms with E-state index in [2.05, 4.69) is 4.90 Å². The molecule has 0 aliphatic carbocycles. The number of hydrogen-bond acceptors (Lipinski definition) is 4. The zero-order valence-electron chi connectivity index (χ0n) is 20.5. The lowest BCUT2D eigenvalue weighted by atomic mass is 9.87. The van der Waals surface area contributed by atoms with E-state index < -0.39 is 5.60 Å². The van der Waals surface area contributed by atoms with Crippen LogP contribution in [0.2, 0.25) is 10.0 Å². The van der Waals surface area contributed by atoms with Gasteiger partial charge in [-0.1, -0.05) is 71.7 Å². The number of carbonyl (C=O) groups excluding carboxylic acids is 1. The number of rotatable bonds is 7. The molecule has 37 heavy (non-hydrogen) atoms. The van der Waals surface area contributed by atoms with Crippen LogP contribution in [-0.4, -0.2) is 47.2 Å². The Morgan fingerprint density at radius 3 is 2.32 bits per heavy atom. The van der Waals surface area contributed by atoms with E-state index in [1.54, 1.807) is 23.1 Å². The molecule has 1 N–H and O–H groups in total. The van der Waals surface area contributed by atoms with Crippen molar-refractivity contribution in [1.82, 2.24) is 9.80 Å². The molecule has 8 heteroatoms. The molecule has 0 spiro atoms. The summed E-state index contributed by atoms with van der Waals surface area (Å²) in [5.74, 6) is 0.799. The van der Waals surface area contributed by atoms with E-state index in [0.29, 0.717) is 41.2 Å². The SMILES string of the molecule is Cl.O=C1OC(CCN2CCC(c3ccc(O)cc3)CC2)(c2ccc(Cl)c(Cl)c2)CN1Cc1ccccc1. The van der Waals surface area contributed by atoms with Gasteiger partial charge < -0.3 is 14.7 Å². The molecule has 2 fully saturated rings. The first-order chi connectivity index (χ1) is 17.4. The van der Waals surface area contributed by atoms with Gasteiger partial charge in [0, 0.05) is 19.5 Å². The molecule has 1 unspecified atom stereocenters. The molecule has 0 bridgehead atoms. The first-order valence-electron chi connectivity index (χ1n) is 12.4. The third-order valence-corrected chi connectivity index (χ3v) is 8.17. The molecule has 2 aliphatic rings. The van der Waals surface area contributed by atoms with Gasteiger partial charge in [-0.05, 0) is 72.8 Å². The molecule has 2 aliphatic heterocycles. The van der Waals surface area contributed by atoms with Gasteiger partial charge in [-0.25, -0.2) is 4.79 Å². The van der Waals surface area contributed by atoms with Gasteiger partial charge in [-0.15, -0.1) is 12.4 Å². The van der Waals surface area contributed by atoms with Crippen molar-refractivity contribution in [2.24, 2.45) is 0 Å². The van der Waals surface area contributed by atoms with E-state index in [1.165, 1.54) is 5.56 Å². The summed E-state index contributed by atoms with van der Waals surface area (Å²) in [5, 5.41) is 10.5. The lowest BCUT2D eigenvalue weighted by Gasteiger charge is -2.35. The number of likely N-dealkylation sites (tertiary alicyclic amines) is 1. The largest absolute Gasteiger partial charge is 0.508 e. The Bertz CT molecular complexity index is 1200. The van der Waals surface area contributed by atoms with Crippen LogP contribution in [0, 0.1) is 0 Å². The van der Waals surface area contributed by atoms with Crippen LogP contribution >= 0.6 is 35.6 Å². The highest BCUT2D eigenvalue weighted by Gasteiger charge is 2.46. The summed E-state index contributed by atoms with van der Waals surface area (Å²) in [5.41, 5.74) is 2.44. The van der Waals surface area contributed by atoms with Crippen LogP contribution in [0.3, 0.4) is 0 Å². The fraction of sp³-hybridized carbons (Fsp3) is 0.345. The summed E-state index contributed by atoms with van der Waals surface area (Å²) in [6, 6.07) is 23.1. The summed E-state index contributed by atoms with van der Waals surface area (Å²) in [7, 11) is 0. The lowest BCUT2D eigenvalue weighted by Crippen LogP contribution is -2.39. The van der Waals surface area contributed by atoms with E-state index in [0.717, 1.165) is 43.6 Å². The highest BCUT2D eigenvalue weighted by molar-refractivity contribution is 6.42. The van der Waals surface area contributed by atoms with Crippen molar-refractivity contribution in [2.45, 2.75) is 37.3 Å². The number of halogens is 3. The molecule has 2 heterocycles. The predicted octanol–water partition coefficient (Wildman–Crippen LogP) is 7.24. The van der Waals surface area contributed by atoms with Crippen molar-refractivity contribution >= 4 is 41.7 Å². The quantitative estimate of drug-likeness (QED) is 0.330. The maximum atomic E-state index is 13.0. The molecule has 1 amide bonds. The number of ether oxygens (including phenoxy) is 1. The zero-order valence-corrected chi connectivity index (χ0v) is 22.8. The van der Waals surface area contributed by atoms with E-state index in [4.69, 9.17) is 27.9 Å². The number of benzene rings is 3. The standard InChI is InChI=1S/C29H30Cl2N2O3.ClH/c30-26-11-8-24(18-27(26)31)29(20-33(28(35)36-29)19-21-4-2-1-3-5-21)14-17-32-15-12-23(13-16-32)22-6-9-25(34)10-7-22;/h1-11,18,23,34H,12-17,19-20H2;1H. The summed E-state index contributed by atoms with van der Waals surface area (Å²) < 4.78 is 6.14. The Morgan fingerprint density at radius 2 is 1.65 bits per heavy atom. The molecule has 2 saturated heterocycles. The molecular formula is C29H31Cl3N2O3. The van der Waals surface area contributed by atoms with Gasteiger partial charge in [-0.3, -0.25) is 4.90 Å². The van der Waals surface area contributed by atoms with Crippen molar-refractivity contribution in [1.29, 1.82) is 0 Å². The first kappa shape index (κ1) is 27.6. The normalized spacial score (nSPS) is 20.5. The summed E-state index contributed by atoms with van der Waals surface area (Å²) in [4.78, 5) is 17.2. The number of carbonyl (C=O) groups is 1. The van der Waals surface area contributed by atoms with Crippen molar-refractivity contribution in [3.05, 3.63) is 99.5 Å². The first-order valence-corrected chi connectivity index (χ1v) is 13.2. The minimum absolute atomic E-state index is 0. The molecule has 0 radical (unpaired) electrons. The van der Waals surface area contributed by atoms with Crippen LogP contribution in [0.1, 0.15) is 41.9 Å². The van der Waals surface area contributed by atoms with Gasteiger partial charge >= 0.3 is 6.09 Å². The van der Waals surface area contributed by atoms with Crippen molar-refractivity contribution in [3.8, 4) is 5.75 Å². The Labute approximate surface area is 234 Å². The van der Waals surface area contributed by atoms with Gasteiger partial charge in [0.1, 0.15) is 5.75 Å². The minimum Gasteiger partial charge on any atom is -0.508 e. The second-order valence-corrected chi connectivity index (χ2v) is 10.6. The van der Waals surface area contributed by atoms with Gasteiger partial charge in [0.15, 0.2) is 5.60 Å². The molecule has 3 aromatic carbocycles. The molecule has 196 valence electrons. The molecule has 0 saturated carbocycles. The minimum atomic E-state index is -0.784. The number of hydrogen-bond donors (Lipinski definition) is 1. The second kappa shape index (κ2) is 12.0. The van der Waals surface area contributed by atoms with Crippen molar-refractivity contribution < 1.29 is 14.6 Å².